The van der Waals surface area contributed by atoms with E-state index in [4.69, 9.17) is 5.26 Å². The van der Waals surface area contributed by atoms with Crippen LogP contribution in [0.4, 0.5) is 5.69 Å². The van der Waals surface area contributed by atoms with Crippen molar-refractivity contribution < 1.29 is 4.79 Å². The first-order chi connectivity index (χ1) is 9.79. The predicted molar refractivity (Wildman–Crippen MR) is 85.1 cm³/mol. The molecular formula is C18H24N2O. The standard InChI is InChI=1S/C18H24N2O/c1-17(2,13-19)11-7-8-12-20-15-10-6-5-9-14(15)18(3,4)16(20)21/h5-6,9-10H,7-8,11-12H2,1-4H3. The van der Waals surface area contributed by atoms with Crippen molar-refractivity contribution in [3.63, 3.8) is 0 Å². The summed E-state index contributed by atoms with van der Waals surface area (Å²) in [4.78, 5) is 14.5. The van der Waals surface area contributed by atoms with Gasteiger partial charge < -0.3 is 4.90 Å². The Morgan fingerprint density at radius 3 is 2.57 bits per heavy atom. The van der Waals surface area contributed by atoms with Crippen molar-refractivity contribution in [1.29, 1.82) is 5.26 Å². The number of unbranched alkanes of at least 4 members (excludes halogenated alkanes) is 1. The van der Waals surface area contributed by atoms with Crippen LogP contribution in [0.25, 0.3) is 0 Å². The van der Waals surface area contributed by atoms with Crippen LogP contribution in [0.15, 0.2) is 24.3 Å². The second kappa shape index (κ2) is 5.52. The molecule has 1 aromatic carbocycles. The minimum Gasteiger partial charge on any atom is -0.311 e. The zero-order valence-corrected chi connectivity index (χ0v) is 13.4. The summed E-state index contributed by atoms with van der Waals surface area (Å²) in [6, 6.07) is 10.4. The van der Waals surface area contributed by atoms with Crippen LogP contribution in [0, 0.1) is 16.7 Å². The van der Waals surface area contributed by atoms with Gasteiger partial charge >= 0.3 is 0 Å². The highest BCUT2D eigenvalue weighted by atomic mass is 16.2. The van der Waals surface area contributed by atoms with Crippen molar-refractivity contribution in [1.82, 2.24) is 0 Å². The Morgan fingerprint density at radius 2 is 1.90 bits per heavy atom. The SMILES string of the molecule is CC(C)(C#N)CCCCN1C(=O)C(C)(C)c2ccccc21. The number of carbonyl (C=O) groups is 1. The van der Waals surface area contributed by atoms with Crippen molar-refractivity contribution in [3.8, 4) is 6.07 Å². The second-order valence-corrected chi connectivity index (χ2v) is 7.05. The number of nitrogens with zero attached hydrogens (tertiary/aromatic N) is 2. The summed E-state index contributed by atoms with van der Waals surface area (Å²) in [6.45, 7) is 8.65. The maximum absolute atomic E-state index is 12.6. The second-order valence-electron chi connectivity index (χ2n) is 7.05. The van der Waals surface area contributed by atoms with Crippen LogP contribution < -0.4 is 4.90 Å². The number of hydrogen-bond acceptors (Lipinski definition) is 2. The van der Waals surface area contributed by atoms with Gasteiger partial charge in [0.25, 0.3) is 0 Å². The molecule has 112 valence electrons. The predicted octanol–water partition coefficient (Wildman–Crippen LogP) is 4.03. The van der Waals surface area contributed by atoms with Gasteiger partial charge in [-0.1, -0.05) is 24.6 Å². The fourth-order valence-electron chi connectivity index (χ4n) is 2.91. The first kappa shape index (κ1) is 15.6. The summed E-state index contributed by atoms with van der Waals surface area (Å²) in [5.41, 5.74) is 1.47. The average Bonchev–Trinajstić information content (AvgIpc) is 2.64. The lowest BCUT2D eigenvalue weighted by Gasteiger charge is -2.21. The molecule has 2 rings (SSSR count). The van der Waals surface area contributed by atoms with Gasteiger partial charge in [-0.3, -0.25) is 4.79 Å². The van der Waals surface area contributed by atoms with Crippen LogP contribution >= 0.6 is 0 Å². The van der Waals surface area contributed by atoms with Crippen molar-refractivity contribution in [2.75, 3.05) is 11.4 Å². The van der Waals surface area contributed by atoms with Gasteiger partial charge in [-0.15, -0.1) is 0 Å². The number of hydrogen-bond donors (Lipinski definition) is 0. The fraction of sp³-hybridized carbons (Fsp3) is 0.556. The van der Waals surface area contributed by atoms with Crippen molar-refractivity contribution in [2.24, 2.45) is 5.41 Å². The minimum atomic E-state index is -0.428. The molecule has 0 bridgehead atoms. The summed E-state index contributed by atoms with van der Waals surface area (Å²) in [7, 11) is 0. The number of anilines is 1. The molecule has 3 heteroatoms. The molecule has 0 aliphatic carbocycles. The number of amides is 1. The molecule has 0 fully saturated rings. The number of fused-ring (bicyclic) bond motifs is 1. The molecule has 21 heavy (non-hydrogen) atoms. The summed E-state index contributed by atoms with van der Waals surface area (Å²) in [5.74, 6) is 0.184. The van der Waals surface area contributed by atoms with Gasteiger partial charge in [-0.25, -0.2) is 0 Å². The molecular weight excluding hydrogens is 260 g/mol. The lowest BCUT2D eigenvalue weighted by molar-refractivity contribution is -0.122. The molecule has 0 aromatic heterocycles. The Balaban J connectivity index is 2.02. The normalized spacial score (nSPS) is 16.7. The number of benzene rings is 1. The Kier molecular flexibility index (Phi) is 4.09. The van der Waals surface area contributed by atoms with Crippen LogP contribution in [0.1, 0.15) is 52.5 Å². The van der Waals surface area contributed by atoms with E-state index in [1.165, 1.54) is 0 Å². The topological polar surface area (TPSA) is 44.1 Å². The van der Waals surface area contributed by atoms with Crippen molar-refractivity contribution >= 4 is 11.6 Å². The highest BCUT2D eigenvalue weighted by molar-refractivity contribution is 6.07. The van der Waals surface area contributed by atoms with E-state index in [0.29, 0.717) is 0 Å². The van der Waals surface area contributed by atoms with E-state index in [1.807, 2.05) is 56.9 Å². The van der Waals surface area contributed by atoms with Gasteiger partial charge in [-0.05, 0) is 52.2 Å². The molecule has 0 unspecified atom stereocenters. The molecule has 3 nitrogen and oxygen atoms in total. The van der Waals surface area contributed by atoms with E-state index in [0.717, 1.165) is 37.1 Å². The first-order valence-corrected chi connectivity index (χ1v) is 7.62. The maximum atomic E-state index is 12.6. The molecule has 0 saturated carbocycles. The van der Waals surface area contributed by atoms with Gasteiger partial charge in [0.1, 0.15) is 0 Å². The Morgan fingerprint density at radius 1 is 1.24 bits per heavy atom. The molecule has 1 amide bonds. The smallest absolute Gasteiger partial charge is 0.237 e. The van der Waals surface area contributed by atoms with E-state index < -0.39 is 5.41 Å². The molecule has 0 atom stereocenters. The minimum absolute atomic E-state index is 0.184. The van der Waals surface area contributed by atoms with Crippen LogP contribution in [0.3, 0.4) is 0 Å². The van der Waals surface area contributed by atoms with Gasteiger partial charge in [0.05, 0.1) is 16.9 Å². The molecule has 0 radical (unpaired) electrons. The molecule has 0 N–H and O–H groups in total. The largest absolute Gasteiger partial charge is 0.311 e. The third kappa shape index (κ3) is 2.95. The van der Waals surface area contributed by atoms with Crippen LogP contribution in [0.2, 0.25) is 0 Å². The molecule has 1 aromatic rings. The van der Waals surface area contributed by atoms with Crippen molar-refractivity contribution in [2.45, 2.75) is 52.4 Å². The molecule has 1 aliphatic rings. The van der Waals surface area contributed by atoms with Gasteiger partial charge in [0.15, 0.2) is 0 Å². The average molecular weight is 284 g/mol. The molecule has 0 spiro atoms. The Hall–Kier alpha value is -1.82. The van der Waals surface area contributed by atoms with E-state index in [-0.39, 0.29) is 11.3 Å². The van der Waals surface area contributed by atoms with E-state index in [2.05, 4.69) is 6.07 Å². The van der Waals surface area contributed by atoms with Crippen LogP contribution in [-0.2, 0) is 10.2 Å². The number of para-hydroxylation sites is 1. The zero-order chi connectivity index (χ0) is 15.7. The van der Waals surface area contributed by atoms with Gasteiger partial charge in [-0.2, -0.15) is 5.26 Å². The molecule has 1 aliphatic heterocycles. The maximum Gasteiger partial charge on any atom is 0.237 e. The van der Waals surface area contributed by atoms with E-state index >= 15 is 0 Å². The lowest BCUT2D eigenvalue weighted by atomic mass is 9.86. The third-order valence-electron chi connectivity index (χ3n) is 4.38. The highest BCUT2D eigenvalue weighted by Gasteiger charge is 2.43. The molecule has 0 saturated heterocycles. The monoisotopic (exact) mass is 284 g/mol. The fourth-order valence-corrected chi connectivity index (χ4v) is 2.91. The van der Waals surface area contributed by atoms with Crippen LogP contribution in [-0.4, -0.2) is 12.5 Å². The van der Waals surface area contributed by atoms with E-state index in [9.17, 15) is 4.79 Å². The summed E-state index contributed by atoms with van der Waals surface area (Å²) in [5, 5.41) is 9.03. The van der Waals surface area contributed by atoms with Crippen molar-refractivity contribution in [3.05, 3.63) is 29.8 Å². The van der Waals surface area contributed by atoms with Crippen LogP contribution in [0.5, 0.6) is 0 Å². The number of carbonyl (C=O) groups excluding carboxylic acids is 1. The first-order valence-electron chi connectivity index (χ1n) is 7.62. The van der Waals surface area contributed by atoms with Gasteiger partial charge in [0.2, 0.25) is 5.91 Å². The summed E-state index contributed by atoms with van der Waals surface area (Å²) >= 11 is 0. The lowest BCUT2D eigenvalue weighted by Crippen LogP contribution is -2.36. The molecule has 1 heterocycles. The third-order valence-corrected chi connectivity index (χ3v) is 4.38. The summed E-state index contributed by atoms with van der Waals surface area (Å²) in [6.07, 6.45) is 2.77. The Bertz CT molecular complexity index is 581. The van der Waals surface area contributed by atoms with Gasteiger partial charge in [0, 0.05) is 12.2 Å². The van der Waals surface area contributed by atoms with E-state index in [1.54, 1.807) is 0 Å². The quantitative estimate of drug-likeness (QED) is 0.766. The highest BCUT2D eigenvalue weighted by Crippen LogP contribution is 2.41. The number of nitriles is 1. The Labute approximate surface area is 127 Å². The number of rotatable bonds is 5. The zero-order valence-electron chi connectivity index (χ0n) is 13.4. The summed E-state index contributed by atoms with van der Waals surface area (Å²) < 4.78 is 0.